The fourth-order valence-electron chi connectivity index (χ4n) is 2.55. The fraction of sp³-hybridized carbons (Fsp3) is 0.750. The van der Waals surface area contributed by atoms with Gasteiger partial charge in [-0.2, -0.15) is 5.10 Å². The van der Waals surface area contributed by atoms with Gasteiger partial charge in [-0.1, -0.05) is 6.42 Å². The predicted octanol–water partition coefficient (Wildman–Crippen LogP) is 1.09. The molecule has 1 saturated heterocycles. The van der Waals surface area contributed by atoms with E-state index in [1.165, 1.54) is 25.1 Å². The van der Waals surface area contributed by atoms with Crippen LogP contribution >= 0.6 is 0 Å². The third kappa shape index (κ3) is 1.94. The molecule has 2 aliphatic rings. The number of nitrogens with one attached hydrogen (secondary N) is 1. The summed E-state index contributed by atoms with van der Waals surface area (Å²) in [6.07, 6.45) is 6.13. The van der Waals surface area contributed by atoms with Gasteiger partial charge in [-0.15, -0.1) is 0 Å². The van der Waals surface area contributed by atoms with Crippen LogP contribution in [0.5, 0.6) is 0 Å². The molecule has 3 rings (SSSR count). The van der Waals surface area contributed by atoms with Crippen LogP contribution in [0.3, 0.4) is 0 Å². The Morgan fingerprint density at radius 1 is 1.31 bits per heavy atom. The molecule has 1 N–H and O–H groups in total. The van der Waals surface area contributed by atoms with E-state index in [1.54, 1.807) is 0 Å². The molecule has 1 aliphatic carbocycles. The standard InChI is InChI=1S/C12H20N4/c1-2-11(3-1)10-16-12(4-5-14-16)15-8-6-13-7-9-15/h4-5,11,13H,1-3,6-10H2. The number of hydrogen-bond acceptors (Lipinski definition) is 3. The Morgan fingerprint density at radius 3 is 2.81 bits per heavy atom. The Kier molecular flexibility index (Phi) is 2.82. The van der Waals surface area contributed by atoms with E-state index in [1.807, 2.05) is 6.20 Å². The molecule has 0 radical (unpaired) electrons. The number of hydrogen-bond donors (Lipinski definition) is 1. The maximum absolute atomic E-state index is 4.47. The molecular formula is C12H20N4. The zero-order chi connectivity index (χ0) is 10.8. The monoisotopic (exact) mass is 220 g/mol. The largest absolute Gasteiger partial charge is 0.354 e. The third-order valence-corrected chi connectivity index (χ3v) is 3.79. The van der Waals surface area contributed by atoms with Crippen molar-refractivity contribution in [1.82, 2.24) is 15.1 Å². The van der Waals surface area contributed by atoms with Crippen molar-refractivity contribution in [2.45, 2.75) is 25.8 Å². The van der Waals surface area contributed by atoms with Crippen molar-refractivity contribution >= 4 is 5.82 Å². The lowest BCUT2D eigenvalue weighted by Crippen LogP contribution is -2.44. The van der Waals surface area contributed by atoms with Gasteiger partial charge in [0.05, 0.1) is 6.20 Å². The van der Waals surface area contributed by atoms with Crippen molar-refractivity contribution in [3.63, 3.8) is 0 Å². The highest BCUT2D eigenvalue weighted by Crippen LogP contribution is 2.29. The zero-order valence-corrected chi connectivity index (χ0v) is 9.73. The van der Waals surface area contributed by atoms with Crippen molar-refractivity contribution in [2.75, 3.05) is 31.1 Å². The summed E-state index contributed by atoms with van der Waals surface area (Å²) in [7, 11) is 0. The third-order valence-electron chi connectivity index (χ3n) is 3.79. The van der Waals surface area contributed by atoms with Crippen LogP contribution in [-0.2, 0) is 6.54 Å². The normalized spacial score (nSPS) is 22.1. The number of anilines is 1. The summed E-state index contributed by atoms with van der Waals surface area (Å²) in [5.74, 6) is 2.19. The lowest BCUT2D eigenvalue weighted by atomic mass is 9.85. The molecule has 1 aliphatic heterocycles. The first-order valence-electron chi connectivity index (χ1n) is 6.41. The zero-order valence-electron chi connectivity index (χ0n) is 9.73. The molecule has 0 bridgehead atoms. The highest BCUT2D eigenvalue weighted by Gasteiger charge is 2.21. The van der Waals surface area contributed by atoms with Crippen molar-refractivity contribution in [3.05, 3.63) is 12.3 Å². The van der Waals surface area contributed by atoms with Gasteiger partial charge in [0.1, 0.15) is 5.82 Å². The van der Waals surface area contributed by atoms with Crippen LogP contribution < -0.4 is 10.2 Å². The quantitative estimate of drug-likeness (QED) is 0.828. The molecule has 4 nitrogen and oxygen atoms in total. The van der Waals surface area contributed by atoms with Crippen molar-refractivity contribution in [1.29, 1.82) is 0 Å². The molecule has 4 heteroatoms. The molecule has 0 unspecified atom stereocenters. The minimum absolute atomic E-state index is 0.876. The van der Waals surface area contributed by atoms with Crippen LogP contribution in [0.2, 0.25) is 0 Å². The summed E-state index contributed by atoms with van der Waals surface area (Å²) in [5, 5.41) is 7.86. The SMILES string of the molecule is c1cc(N2CCNCC2)n(CC2CCC2)n1. The Bertz CT molecular complexity index is 337. The van der Waals surface area contributed by atoms with E-state index in [-0.39, 0.29) is 0 Å². The summed E-state index contributed by atoms with van der Waals surface area (Å²) in [6, 6.07) is 2.16. The topological polar surface area (TPSA) is 33.1 Å². The number of rotatable bonds is 3. The number of aromatic nitrogens is 2. The Hall–Kier alpha value is -1.03. The first-order chi connectivity index (χ1) is 7.93. The van der Waals surface area contributed by atoms with Crippen LogP contribution in [0.15, 0.2) is 12.3 Å². The summed E-state index contributed by atoms with van der Waals surface area (Å²) < 4.78 is 2.20. The predicted molar refractivity (Wildman–Crippen MR) is 64.7 cm³/mol. The summed E-state index contributed by atoms with van der Waals surface area (Å²) in [5.41, 5.74) is 0. The molecule has 1 aromatic rings. The second-order valence-corrected chi connectivity index (χ2v) is 4.91. The Balaban J connectivity index is 1.70. The summed E-state index contributed by atoms with van der Waals surface area (Å²) in [4.78, 5) is 2.45. The van der Waals surface area contributed by atoms with Gasteiger partial charge in [-0.25, -0.2) is 4.68 Å². The van der Waals surface area contributed by atoms with Gasteiger partial charge >= 0.3 is 0 Å². The molecule has 0 amide bonds. The Labute approximate surface area is 96.6 Å². The summed E-state index contributed by atoms with van der Waals surface area (Å²) in [6.45, 7) is 5.52. The first kappa shape index (κ1) is 10.1. The van der Waals surface area contributed by atoms with Crippen molar-refractivity contribution < 1.29 is 0 Å². The van der Waals surface area contributed by atoms with Crippen LogP contribution in [-0.4, -0.2) is 36.0 Å². The fourth-order valence-corrected chi connectivity index (χ4v) is 2.55. The van der Waals surface area contributed by atoms with Gasteiger partial charge in [-0.3, -0.25) is 0 Å². The van der Waals surface area contributed by atoms with Gasteiger partial charge in [0.15, 0.2) is 0 Å². The highest BCUT2D eigenvalue weighted by atomic mass is 15.4. The van der Waals surface area contributed by atoms with E-state index in [2.05, 4.69) is 26.1 Å². The van der Waals surface area contributed by atoms with Crippen LogP contribution in [0.1, 0.15) is 19.3 Å². The van der Waals surface area contributed by atoms with Gasteiger partial charge in [-0.05, 0) is 18.8 Å². The molecule has 0 aromatic carbocycles. The van der Waals surface area contributed by atoms with Gasteiger partial charge in [0.25, 0.3) is 0 Å². The van der Waals surface area contributed by atoms with Crippen LogP contribution in [0.25, 0.3) is 0 Å². The van der Waals surface area contributed by atoms with Gasteiger partial charge < -0.3 is 10.2 Å². The molecule has 88 valence electrons. The number of nitrogens with zero attached hydrogens (tertiary/aromatic N) is 3. The van der Waals surface area contributed by atoms with Gasteiger partial charge in [0, 0.05) is 38.8 Å². The van der Waals surface area contributed by atoms with Crippen molar-refractivity contribution in [3.8, 4) is 0 Å². The molecule has 2 fully saturated rings. The average Bonchev–Trinajstić information content (AvgIpc) is 2.73. The number of piperazine rings is 1. The van der Waals surface area contributed by atoms with Crippen LogP contribution in [0, 0.1) is 5.92 Å². The minimum Gasteiger partial charge on any atom is -0.354 e. The molecule has 2 heterocycles. The smallest absolute Gasteiger partial charge is 0.126 e. The van der Waals surface area contributed by atoms with Gasteiger partial charge in [0.2, 0.25) is 0 Å². The molecule has 1 saturated carbocycles. The molecule has 1 aromatic heterocycles. The molecular weight excluding hydrogens is 200 g/mol. The van der Waals surface area contributed by atoms with Crippen molar-refractivity contribution in [2.24, 2.45) is 5.92 Å². The second-order valence-electron chi connectivity index (χ2n) is 4.91. The van der Waals surface area contributed by atoms with E-state index in [0.29, 0.717) is 0 Å². The molecule has 16 heavy (non-hydrogen) atoms. The maximum atomic E-state index is 4.47. The highest BCUT2D eigenvalue weighted by molar-refractivity contribution is 5.38. The molecule has 0 spiro atoms. The van der Waals surface area contributed by atoms with E-state index < -0.39 is 0 Å². The average molecular weight is 220 g/mol. The van der Waals surface area contributed by atoms with Crippen LogP contribution in [0.4, 0.5) is 5.82 Å². The lowest BCUT2D eigenvalue weighted by molar-refractivity contribution is 0.266. The maximum Gasteiger partial charge on any atom is 0.126 e. The minimum atomic E-state index is 0.876. The van der Waals surface area contributed by atoms with E-state index in [4.69, 9.17) is 0 Å². The lowest BCUT2D eigenvalue weighted by Gasteiger charge is -2.31. The first-order valence-corrected chi connectivity index (χ1v) is 6.41. The van der Waals surface area contributed by atoms with E-state index in [9.17, 15) is 0 Å². The second kappa shape index (κ2) is 4.45. The van der Waals surface area contributed by atoms with E-state index >= 15 is 0 Å². The molecule has 0 atom stereocenters. The summed E-state index contributed by atoms with van der Waals surface area (Å²) >= 11 is 0. The van der Waals surface area contributed by atoms with E-state index in [0.717, 1.165) is 38.6 Å². The Morgan fingerprint density at radius 2 is 2.12 bits per heavy atom.